The fraction of sp³-hybridized carbons (Fsp3) is 0.308. The van der Waals surface area contributed by atoms with Crippen LogP contribution in [0.4, 0.5) is 0 Å². The van der Waals surface area contributed by atoms with Crippen molar-refractivity contribution < 1.29 is 19.1 Å². The summed E-state index contributed by atoms with van der Waals surface area (Å²) >= 11 is 5.49. The number of allylic oxidation sites excluding steroid dienone is 5. The van der Waals surface area contributed by atoms with Gasteiger partial charge in [-0.15, -0.1) is 0 Å². The van der Waals surface area contributed by atoms with Crippen molar-refractivity contribution in [3.8, 4) is 0 Å². The fourth-order valence-electron chi connectivity index (χ4n) is 0.959. The van der Waals surface area contributed by atoms with Gasteiger partial charge in [-0.1, -0.05) is 30.3 Å². The number of halogens is 1. The second kappa shape index (κ2) is 8.42. The lowest BCUT2D eigenvalue weighted by molar-refractivity contribution is -0.154. The van der Waals surface area contributed by atoms with Crippen LogP contribution in [0.1, 0.15) is 20.3 Å². The average molecular weight is 271 g/mol. The second-order valence-corrected chi connectivity index (χ2v) is 3.88. The van der Waals surface area contributed by atoms with E-state index in [2.05, 4.69) is 11.3 Å². The maximum absolute atomic E-state index is 11.6. The van der Waals surface area contributed by atoms with Crippen molar-refractivity contribution in [2.75, 3.05) is 6.61 Å². The third-order valence-corrected chi connectivity index (χ3v) is 2.01. The molecule has 0 bridgehead atoms. The number of rotatable bonds is 7. The van der Waals surface area contributed by atoms with Gasteiger partial charge in [0.25, 0.3) is 0 Å². The van der Waals surface area contributed by atoms with E-state index in [-0.39, 0.29) is 6.61 Å². The Morgan fingerprint density at radius 3 is 2.39 bits per heavy atom. The molecule has 0 fully saturated rings. The van der Waals surface area contributed by atoms with Crippen LogP contribution >= 0.6 is 11.6 Å². The molecule has 4 nitrogen and oxygen atoms in total. The Bertz CT molecular complexity index is 419. The summed E-state index contributed by atoms with van der Waals surface area (Å²) in [7, 11) is 0. The Morgan fingerprint density at radius 2 is 1.89 bits per heavy atom. The molecule has 0 aliphatic carbocycles. The molecule has 0 N–H and O–H groups in total. The quantitative estimate of drug-likeness (QED) is 0.234. The van der Waals surface area contributed by atoms with Crippen LogP contribution in [0.5, 0.6) is 0 Å². The van der Waals surface area contributed by atoms with Gasteiger partial charge in [0.1, 0.15) is 0 Å². The zero-order valence-corrected chi connectivity index (χ0v) is 11.1. The van der Waals surface area contributed by atoms with Crippen LogP contribution in [-0.4, -0.2) is 24.1 Å². The maximum atomic E-state index is 11.6. The van der Waals surface area contributed by atoms with Crippen molar-refractivity contribution in [1.82, 2.24) is 0 Å². The summed E-state index contributed by atoms with van der Waals surface area (Å²) in [4.78, 5) is 33.8. The van der Waals surface area contributed by atoms with E-state index in [4.69, 9.17) is 11.6 Å². The predicted octanol–water partition coefficient (Wildman–Crippen LogP) is 2.33. The maximum Gasteiger partial charge on any atom is 0.375 e. The summed E-state index contributed by atoms with van der Waals surface area (Å²) in [5.74, 6) is -2.26. The van der Waals surface area contributed by atoms with Gasteiger partial charge in [-0.2, -0.15) is 0 Å². The van der Waals surface area contributed by atoms with Crippen molar-refractivity contribution in [3.05, 3.63) is 35.4 Å². The van der Waals surface area contributed by atoms with Crippen LogP contribution in [0.2, 0.25) is 0 Å². The number of hydrogen-bond acceptors (Lipinski definition) is 4. The van der Waals surface area contributed by atoms with Crippen LogP contribution in [0.25, 0.3) is 0 Å². The topological polar surface area (TPSA) is 60.4 Å². The van der Waals surface area contributed by atoms with Gasteiger partial charge in [0.05, 0.1) is 13.0 Å². The van der Waals surface area contributed by atoms with Gasteiger partial charge in [-0.05, 0) is 25.5 Å². The monoisotopic (exact) mass is 270 g/mol. The number of esters is 1. The lowest BCUT2D eigenvalue weighted by atomic mass is 10.1. The van der Waals surface area contributed by atoms with Gasteiger partial charge in [-0.3, -0.25) is 9.59 Å². The van der Waals surface area contributed by atoms with Gasteiger partial charge >= 0.3 is 5.97 Å². The zero-order chi connectivity index (χ0) is 14.1. The SMILES string of the molecule is C=C(Cl)/C=C\C=C(/C)C(=O)CC(=O)C(=O)OCC. The average Bonchev–Trinajstić information content (AvgIpc) is 2.28. The number of ketones is 2. The molecule has 0 saturated heterocycles. The molecule has 0 amide bonds. The van der Waals surface area contributed by atoms with Crippen LogP contribution < -0.4 is 0 Å². The molecule has 0 aromatic carbocycles. The minimum absolute atomic E-state index is 0.105. The third kappa shape index (κ3) is 6.81. The Balaban J connectivity index is 4.45. The Morgan fingerprint density at radius 1 is 1.28 bits per heavy atom. The van der Waals surface area contributed by atoms with Crippen molar-refractivity contribution in [2.45, 2.75) is 20.3 Å². The van der Waals surface area contributed by atoms with E-state index in [1.807, 2.05) is 0 Å². The molecule has 0 aliphatic heterocycles. The highest BCUT2D eigenvalue weighted by molar-refractivity contribution is 6.38. The highest BCUT2D eigenvalue weighted by Gasteiger charge is 2.19. The first kappa shape index (κ1) is 16.3. The molecule has 98 valence electrons. The summed E-state index contributed by atoms with van der Waals surface area (Å²) in [6.45, 7) is 6.67. The normalized spacial score (nSPS) is 11.4. The van der Waals surface area contributed by atoms with E-state index in [9.17, 15) is 14.4 Å². The summed E-state index contributed by atoms with van der Waals surface area (Å²) < 4.78 is 4.49. The van der Waals surface area contributed by atoms with Gasteiger partial charge in [0, 0.05) is 5.03 Å². The smallest absolute Gasteiger partial charge is 0.375 e. The number of carbonyl (C=O) groups is 3. The molecular formula is C13H15ClO4. The minimum atomic E-state index is -0.983. The van der Waals surface area contributed by atoms with Crippen molar-refractivity contribution in [1.29, 1.82) is 0 Å². The van der Waals surface area contributed by atoms with Crippen LogP contribution in [0.15, 0.2) is 35.4 Å². The van der Waals surface area contributed by atoms with Gasteiger partial charge in [0.2, 0.25) is 5.78 Å². The van der Waals surface area contributed by atoms with E-state index < -0.39 is 24.0 Å². The summed E-state index contributed by atoms with van der Waals surface area (Å²) in [5.41, 5.74) is 0.349. The minimum Gasteiger partial charge on any atom is -0.460 e. The van der Waals surface area contributed by atoms with Crippen molar-refractivity contribution in [3.63, 3.8) is 0 Å². The first-order valence-electron chi connectivity index (χ1n) is 5.31. The zero-order valence-electron chi connectivity index (χ0n) is 10.4. The van der Waals surface area contributed by atoms with E-state index in [0.29, 0.717) is 10.6 Å². The third-order valence-electron chi connectivity index (χ3n) is 1.89. The Labute approximate surface area is 111 Å². The number of hydrogen-bond donors (Lipinski definition) is 0. The molecule has 18 heavy (non-hydrogen) atoms. The molecule has 0 aliphatic rings. The predicted molar refractivity (Wildman–Crippen MR) is 69.2 cm³/mol. The molecule has 0 aromatic rings. The molecular weight excluding hydrogens is 256 g/mol. The number of Topliss-reactive ketones (excluding diaryl/α,β-unsaturated/α-hetero) is 2. The van der Waals surface area contributed by atoms with E-state index >= 15 is 0 Å². The van der Waals surface area contributed by atoms with Crippen LogP contribution in [0, 0.1) is 0 Å². The molecule has 0 spiro atoms. The first-order chi connectivity index (χ1) is 8.38. The molecule has 0 unspecified atom stereocenters. The molecule has 0 rings (SSSR count). The van der Waals surface area contributed by atoms with E-state index in [1.54, 1.807) is 13.8 Å². The first-order valence-corrected chi connectivity index (χ1v) is 5.68. The molecule has 0 radical (unpaired) electrons. The largest absolute Gasteiger partial charge is 0.460 e. The second-order valence-electron chi connectivity index (χ2n) is 3.40. The standard InChI is InChI=1S/C13H15ClO4/c1-4-18-13(17)12(16)8-11(15)9(2)6-5-7-10(3)14/h5-7H,3-4,8H2,1-2H3/b7-5-,9-6+. The molecule has 0 heterocycles. The highest BCUT2D eigenvalue weighted by Crippen LogP contribution is 2.03. The van der Waals surface area contributed by atoms with Crippen molar-refractivity contribution >= 4 is 29.1 Å². The lowest BCUT2D eigenvalue weighted by Crippen LogP contribution is -2.20. The van der Waals surface area contributed by atoms with E-state index in [0.717, 1.165) is 0 Å². The Hall–Kier alpha value is -1.68. The summed E-state index contributed by atoms with van der Waals surface area (Å²) in [6.07, 6.45) is 4.05. The lowest BCUT2D eigenvalue weighted by Gasteiger charge is -2.00. The number of carbonyl (C=O) groups excluding carboxylic acids is 3. The van der Waals surface area contributed by atoms with Crippen LogP contribution in [-0.2, 0) is 19.1 Å². The highest BCUT2D eigenvalue weighted by atomic mass is 35.5. The van der Waals surface area contributed by atoms with Crippen molar-refractivity contribution in [2.24, 2.45) is 0 Å². The number of ether oxygens (including phenoxy) is 1. The summed E-state index contributed by atoms with van der Waals surface area (Å²) in [6, 6.07) is 0. The summed E-state index contributed by atoms with van der Waals surface area (Å²) in [5, 5.41) is 0.328. The molecule has 0 atom stereocenters. The van der Waals surface area contributed by atoms with Gasteiger partial charge in [0.15, 0.2) is 5.78 Å². The molecule has 5 heteroatoms. The van der Waals surface area contributed by atoms with E-state index in [1.165, 1.54) is 18.2 Å². The molecule has 0 aromatic heterocycles. The van der Waals surface area contributed by atoms with Gasteiger partial charge in [-0.25, -0.2) is 4.79 Å². The fourth-order valence-corrected chi connectivity index (χ4v) is 1.03. The van der Waals surface area contributed by atoms with Crippen LogP contribution in [0.3, 0.4) is 0 Å². The van der Waals surface area contributed by atoms with Gasteiger partial charge < -0.3 is 4.74 Å². The molecule has 0 saturated carbocycles. The Kier molecular flexibility index (Phi) is 7.63.